The Kier molecular flexibility index (Phi) is 3.96. The highest BCUT2D eigenvalue weighted by molar-refractivity contribution is 5.83. The molecule has 1 amide bonds. The van der Waals surface area contributed by atoms with E-state index in [0.717, 1.165) is 11.1 Å². The summed E-state index contributed by atoms with van der Waals surface area (Å²) in [5.41, 5.74) is 1.76. The normalized spacial score (nSPS) is 28.7. The molecule has 2 aromatic carbocycles. The Balaban J connectivity index is 2.10. The highest BCUT2D eigenvalue weighted by Gasteiger charge is 2.47. The molecular formula is C18H19NO3. The van der Waals surface area contributed by atoms with Crippen molar-refractivity contribution < 1.29 is 15.0 Å². The summed E-state index contributed by atoms with van der Waals surface area (Å²) in [5.74, 6) is -1.29. The van der Waals surface area contributed by atoms with E-state index in [-0.39, 0.29) is 5.92 Å². The molecule has 4 atom stereocenters. The van der Waals surface area contributed by atoms with Gasteiger partial charge in [0, 0.05) is 18.9 Å². The van der Waals surface area contributed by atoms with Crippen molar-refractivity contribution in [2.45, 2.75) is 24.2 Å². The van der Waals surface area contributed by atoms with Gasteiger partial charge in [0.2, 0.25) is 0 Å². The van der Waals surface area contributed by atoms with E-state index in [2.05, 4.69) is 0 Å². The molecule has 0 aromatic heterocycles. The predicted octanol–water partition coefficient (Wildman–Crippen LogP) is 1.71. The van der Waals surface area contributed by atoms with Gasteiger partial charge in [0.25, 0.3) is 5.91 Å². The fraction of sp³-hybridized carbons (Fsp3) is 0.278. The van der Waals surface area contributed by atoms with Crippen molar-refractivity contribution in [2.75, 3.05) is 7.05 Å². The van der Waals surface area contributed by atoms with Crippen LogP contribution in [0.3, 0.4) is 0 Å². The number of benzene rings is 2. The SMILES string of the molecule is CN1C(=O)C(O)C(c2ccccc2)C(c2ccccc2)C1O. The second-order valence-corrected chi connectivity index (χ2v) is 5.68. The first-order chi connectivity index (χ1) is 10.6. The van der Waals surface area contributed by atoms with Crippen molar-refractivity contribution >= 4 is 5.91 Å². The number of aliphatic hydroxyl groups excluding tert-OH is 2. The van der Waals surface area contributed by atoms with Crippen molar-refractivity contribution in [2.24, 2.45) is 0 Å². The lowest BCUT2D eigenvalue weighted by Gasteiger charge is -2.44. The second-order valence-electron chi connectivity index (χ2n) is 5.68. The molecule has 1 aliphatic rings. The molecule has 114 valence electrons. The lowest BCUT2D eigenvalue weighted by molar-refractivity contribution is -0.161. The van der Waals surface area contributed by atoms with Crippen LogP contribution in [0.1, 0.15) is 23.0 Å². The van der Waals surface area contributed by atoms with Crippen LogP contribution < -0.4 is 0 Å². The van der Waals surface area contributed by atoms with Gasteiger partial charge in [-0.3, -0.25) is 4.79 Å². The van der Waals surface area contributed by atoms with Gasteiger partial charge in [-0.2, -0.15) is 0 Å². The zero-order valence-corrected chi connectivity index (χ0v) is 12.3. The molecule has 1 aliphatic heterocycles. The first-order valence-electron chi connectivity index (χ1n) is 7.34. The van der Waals surface area contributed by atoms with Gasteiger partial charge in [0.1, 0.15) is 12.3 Å². The molecule has 22 heavy (non-hydrogen) atoms. The van der Waals surface area contributed by atoms with Crippen molar-refractivity contribution in [3.8, 4) is 0 Å². The van der Waals surface area contributed by atoms with Crippen LogP contribution in [0.2, 0.25) is 0 Å². The maximum atomic E-state index is 12.2. The van der Waals surface area contributed by atoms with Crippen LogP contribution in [-0.2, 0) is 4.79 Å². The number of hydrogen-bond donors (Lipinski definition) is 2. The number of likely N-dealkylation sites (tertiary alicyclic amines) is 1. The average Bonchev–Trinajstić information content (AvgIpc) is 2.57. The molecule has 0 spiro atoms. The molecule has 0 radical (unpaired) electrons. The standard InChI is InChI=1S/C18H19NO3/c1-19-17(21)15(13-10-6-3-7-11-13)14(16(20)18(19)22)12-8-4-2-5-9-12/h2-11,14-17,20-21H,1H3. The van der Waals surface area contributed by atoms with Crippen molar-refractivity contribution in [3.05, 3.63) is 71.8 Å². The smallest absolute Gasteiger partial charge is 0.253 e. The average molecular weight is 297 g/mol. The second kappa shape index (κ2) is 5.91. The quantitative estimate of drug-likeness (QED) is 0.887. The summed E-state index contributed by atoms with van der Waals surface area (Å²) in [6.07, 6.45) is -2.13. The lowest BCUT2D eigenvalue weighted by atomic mass is 9.74. The molecule has 0 aliphatic carbocycles. The Morgan fingerprint density at radius 2 is 1.27 bits per heavy atom. The molecular weight excluding hydrogens is 278 g/mol. The molecule has 2 N–H and O–H groups in total. The monoisotopic (exact) mass is 297 g/mol. The third kappa shape index (κ3) is 2.40. The van der Waals surface area contributed by atoms with Crippen molar-refractivity contribution in [1.29, 1.82) is 0 Å². The van der Waals surface area contributed by atoms with Gasteiger partial charge in [0.05, 0.1) is 0 Å². The Hall–Kier alpha value is -2.17. The van der Waals surface area contributed by atoms with Crippen LogP contribution in [0.4, 0.5) is 0 Å². The Morgan fingerprint density at radius 1 is 0.818 bits per heavy atom. The molecule has 4 nitrogen and oxygen atoms in total. The lowest BCUT2D eigenvalue weighted by Crippen LogP contribution is -2.55. The number of nitrogens with zero attached hydrogens (tertiary/aromatic N) is 1. The Labute approximate surface area is 129 Å². The Morgan fingerprint density at radius 3 is 1.77 bits per heavy atom. The van der Waals surface area contributed by atoms with E-state index in [9.17, 15) is 15.0 Å². The molecule has 3 rings (SSSR count). The highest BCUT2D eigenvalue weighted by Crippen LogP contribution is 2.42. The summed E-state index contributed by atoms with van der Waals surface area (Å²) in [5, 5.41) is 21.1. The predicted molar refractivity (Wildman–Crippen MR) is 83.1 cm³/mol. The van der Waals surface area contributed by atoms with Crippen LogP contribution in [0, 0.1) is 0 Å². The first-order valence-corrected chi connectivity index (χ1v) is 7.34. The minimum atomic E-state index is -1.17. The minimum absolute atomic E-state index is 0.374. The zero-order chi connectivity index (χ0) is 15.7. The van der Waals surface area contributed by atoms with Gasteiger partial charge >= 0.3 is 0 Å². The van der Waals surface area contributed by atoms with Gasteiger partial charge in [-0.1, -0.05) is 60.7 Å². The molecule has 1 fully saturated rings. The third-order valence-electron chi connectivity index (χ3n) is 4.41. The summed E-state index contributed by atoms with van der Waals surface area (Å²) in [6.45, 7) is 0. The number of carbonyl (C=O) groups is 1. The fourth-order valence-corrected chi connectivity index (χ4v) is 3.23. The summed E-state index contributed by atoms with van der Waals surface area (Å²) in [4.78, 5) is 13.4. The van der Waals surface area contributed by atoms with Crippen molar-refractivity contribution in [1.82, 2.24) is 4.90 Å². The van der Waals surface area contributed by atoms with Gasteiger partial charge in [0.15, 0.2) is 0 Å². The first kappa shape index (κ1) is 14.8. The van der Waals surface area contributed by atoms with Gasteiger partial charge in [-0.05, 0) is 11.1 Å². The van der Waals surface area contributed by atoms with E-state index in [4.69, 9.17) is 0 Å². The molecule has 0 bridgehead atoms. The number of amides is 1. The summed E-state index contributed by atoms with van der Waals surface area (Å²) in [7, 11) is 1.52. The summed E-state index contributed by atoms with van der Waals surface area (Å²) in [6, 6.07) is 18.9. The van der Waals surface area contributed by atoms with Gasteiger partial charge < -0.3 is 15.1 Å². The van der Waals surface area contributed by atoms with Crippen LogP contribution >= 0.6 is 0 Å². The number of piperidine rings is 1. The van der Waals surface area contributed by atoms with Crippen LogP contribution in [0.25, 0.3) is 0 Å². The van der Waals surface area contributed by atoms with Crippen LogP contribution in [0.15, 0.2) is 60.7 Å². The van der Waals surface area contributed by atoms with E-state index in [1.165, 1.54) is 11.9 Å². The largest absolute Gasteiger partial charge is 0.383 e. The van der Waals surface area contributed by atoms with Crippen LogP contribution in [0.5, 0.6) is 0 Å². The molecule has 0 saturated carbocycles. The third-order valence-corrected chi connectivity index (χ3v) is 4.41. The molecule has 4 unspecified atom stereocenters. The Bertz CT molecular complexity index is 644. The van der Waals surface area contributed by atoms with E-state index >= 15 is 0 Å². The minimum Gasteiger partial charge on any atom is -0.383 e. The number of likely N-dealkylation sites (N-methyl/N-ethyl adjacent to an activating group) is 1. The topological polar surface area (TPSA) is 60.8 Å². The number of aliphatic hydroxyl groups is 2. The maximum absolute atomic E-state index is 12.2. The van der Waals surface area contributed by atoms with Gasteiger partial charge in [-0.25, -0.2) is 0 Å². The van der Waals surface area contributed by atoms with E-state index in [1.807, 2.05) is 60.7 Å². The molecule has 4 heteroatoms. The molecule has 1 saturated heterocycles. The van der Waals surface area contributed by atoms with E-state index in [0.29, 0.717) is 0 Å². The number of hydrogen-bond acceptors (Lipinski definition) is 3. The molecule has 2 aromatic rings. The highest BCUT2D eigenvalue weighted by atomic mass is 16.3. The number of rotatable bonds is 2. The van der Waals surface area contributed by atoms with Gasteiger partial charge in [-0.15, -0.1) is 0 Å². The van der Waals surface area contributed by atoms with E-state index in [1.54, 1.807) is 0 Å². The van der Waals surface area contributed by atoms with Crippen molar-refractivity contribution in [3.63, 3.8) is 0 Å². The van der Waals surface area contributed by atoms with E-state index < -0.39 is 24.2 Å². The summed E-state index contributed by atoms with van der Waals surface area (Å²) < 4.78 is 0. The fourth-order valence-electron chi connectivity index (χ4n) is 3.23. The zero-order valence-electron chi connectivity index (χ0n) is 12.3. The maximum Gasteiger partial charge on any atom is 0.253 e. The number of carbonyl (C=O) groups excluding carboxylic acids is 1. The van der Waals surface area contributed by atoms with Crippen LogP contribution in [-0.4, -0.2) is 40.4 Å². The molecule has 1 heterocycles. The summed E-state index contributed by atoms with van der Waals surface area (Å²) >= 11 is 0.